The topological polar surface area (TPSA) is 79.7 Å². The van der Waals surface area contributed by atoms with Crippen molar-refractivity contribution in [2.45, 2.75) is 25.5 Å². The molecule has 5 rings (SSSR count). The maximum atomic E-state index is 15.1. The van der Waals surface area contributed by atoms with Gasteiger partial charge in [-0.25, -0.2) is 9.18 Å². The molecule has 2 aliphatic heterocycles. The molecule has 3 heterocycles. The molecule has 2 amide bonds. The summed E-state index contributed by atoms with van der Waals surface area (Å²) in [5.41, 5.74) is 2.93. The van der Waals surface area contributed by atoms with Gasteiger partial charge in [0.15, 0.2) is 0 Å². The summed E-state index contributed by atoms with van der Waals surface area (Å²) < 4.78 is 22.3. The molecule has 8 nitrogen and oxygen atoms in total. The summed E-state index contributed by atoms with van der Waals surface area (Å²) in [5, 5.41) is 7.37. The van der Waals surface area contributed by atoms with E-state index in [2.05, 4.69) is 5.32 Å². The van der Waals surface area contributed by atoms with Gasteiger partial charge in [-0.1, -0.05) is 30.3 Å². The second-order valence-corrected chi connectivity index (χ2v) is 8.62. The van der Waals surface area contributed by atoms with Gasteiger partial charge in [-0.05, 0) is 30.7 Å². The Bertz CT molecular complexity index is 1200. The first-order valence-electron chi connectivity index (χ1n) is 11.4. The van der Waals surface area contributed by atoms with Crippen LogP contribution < -0.4 is 15.1 Å². The number of carbonyl (C=O) groups is 2. The number of benzene rings is 2. The fourth-order valence-electron chi connectivity index (χ4n) is 4.50. The van der Waals surface area contributed by atoms with Gasteiger partial charge in [-0.2, -0.15) is 5.10 Å². The number of nitrogens with zero attached hydrogens (tertiary/aromatic N) is 4. The summed E-state index contributed by atoms with van der Waals surface area (Å²) in [7, 11) is 0. The number of ether oxygens (including phenoxy) is 1. The standard InChI is InChI=1S/C25H26FN5O3/c1-17(32)27-14-21-16-30(25(33)34-21)19-7-8-24(22(26)13-19)29-11-9-20(15-29)31-12-10-23(28-31)18-5-3-2-4-6-18/h2-8,10,12-13,20-21H,9,11,14-16H2,1H3,(H,27,32)/t20-,21-/m0/s1. The van der Waals surface area contributed by atoms with E-state index in [1.54, 1.807) is 12.1 Å². The number of rotatable bonds is 6. The number of nitrogens with one attached hydrogen (secondary N) is 1. The Kier molecular flexibility index (Phi) is 5.91. The Morgan fingerprint density at radius 2 is 2.00 bits per heavy atom. The number of anilines is 2. The van der Waals surface area contributed by atoms with Crippen molar-refractivity contribution in [1.29, 1.82) is 0 Å². The van der Waals surface area contributed by atoms with E-state index < -0.39 is 12.2 Å². The van der Waals surface area contributed by atoms with Gasteiger partial charge in [0, 0.05) is 31.8 Å². The van der Waals surface area contributed by atoms with Gasteiger partial charge >= 0.3 is 6.09 Å². The van der Waals surface area contributed by atoms with Gasteiger partial charge in [0.25, 0.3) is 0 Å². The van der Waals surface area contributed by atoms with Crippen molar-refractivity contribution in [3.8, 4) is 11.3 Å². The summed E-state index contributed by atoms with van der Waals surface area (Å²) in [4.78, 5) is 26.7. The Morgan fingerprint density at radius 3 is 2.76 bits per heavy atom. The highest BCUT2D eigenvalue weighted by molar-refractivity contribution is 5.90. The smallest absolute Gasteiger partial charge is 0.414 e. The van der Waals surface area contributed by atoms with Crippen LogP contribution in [0.3, 0.4) is 0 Å². The fraction of sp³-hybridized carbons (Fsp3) is 0.320. The molecule has 2 aromatic carbocycles. The number of hydrogen-bond acceptors (Lipinski definition) is 5. The van der Waals surface area contributed by atoms with Crippen LogP contribution in [0.5, 0.6) is 0 Å². The van der Waals surface area contributed by atoms with Crippen LogP contribution >= 0.6 is 0 Å². The number of amides is 2. The van der Waals surface area contributed by atoms with Crippen LogP contribution in [0.4, 0.5) is 20.6 Å². The summed E-state index contributed by atoms with van der Waals surface area (Å²) >= 11 is 0. The van der Waals surface area contributed by atoms with Crippen LogP contribution in [0, 0.1) is 5.82 Å². The lowest BCUT2D eigenvalue weighted by molar-refractivity contribution is -0.119. The lowest BCUT2D eigenvalue weighted by Gasteiger charge is -2.21. The molecule has 0 unspecified atom stereocenters. The molecule has 0 saturated carbocycles. The van der Waals surface area contributed by atoms with Gasteiger partial charge in [0.2, 0.25) is 5.91 Å². The fourth-order valence-corrected chi connectivity index (χ4v) is 4.50. The van der Waals surface area contributed by atoms with Crippen molar-refractivity contribution in [3.63, 3.8) is 0 Å². The highest BCUT2D eigenvalue weighted by atomic mass is 19.1. The number of hydrogen-bond donors (Lipinski definition) is 1. The first-order chi connectivity index (χ1) is 16.5. The minimum absolute atomic E-state index is 0.152. The maximum absolute atomic E-state index is 15.1. The van der Waals surface area contributed by atoms with Crippen LogP contribution in [0.25, 0.3) is 11.3 Å². The molecule has 3 aromatic rings. The number of cyclic esters (lactones) is 1. The van der Waals surface area contributed by atoms with E-state index in [1.165, 1.54) is 17.9 Å². The molecule has 1 N–H and O–H groups in total. The quantitative estimate of drug-likeness (QED) is 0.604. The van der Waals surface area contributed by atoms with Crippen molar-refractivity contribution in [2.75, 3.05) is 36.0 Å². The zero-order valence-electron chi connectivity index (χ0n) is 18.9. The van der Waals surface area contributed by atoms with Crippen LogP contribution in [-0.4, -0.2) is 54.1 Å². The molecule has 0 aliphatic carbocycles. The predicted octanol–water partition coefficient (Wildman–Crippen LogP) is 3.60. The lowest BCUT2D eigenvalue weighted by atomic mass is 10.2. The molecule has 2 saturated heterocycles. The number of halogens is 1. The summed E-state index contributed by atoms with van der Waals surface area (Å²) in [6.45, 7) is 3.25. The zero-order valence-corrected chi connectivity index (χ0v) is 18.9. The molecule has 0 radical (unpaired) electrons. The van der Waals surface area contributed by atoms with Crippen LogP contribution in [-0.2, 0) is 9.53 Å². The monoisotopic (exact) mass is 463 g/mol. The minimum atomic E-state index is -0.545. The molecule has 0 bridgehead atoms. The third kappa shape index (κ3) is 4.46. The van der Waals surface area contributed by atoms with E-state index in [0.717, 1.165) is 17.7 Å². The van der Waals surface area contributed by atoms with E-state index >= 15 is 4.39 Å². The van der Waals surface area contributed by atoms with E-state index in [4.69, 9.17) is 9.84 Å². The summed E-state index contributed by atoms with van der Waals surface area (Å²) in [5.74, 6) is -0.582. The molecule has 9 heteroatoms. The highest BCUT2D eigenvalue weighted by Crippen LogP contribution is 2.32. The van der Waals surface area contributed by atoms with E-state index in [-0.39, 0.29) is 30.9 Å². The van der Waals surface area contributed by atoms with Crippen molar-refractivity contribution in [2.24, 2.45) is 0 Å². The average Bonchev–Trinajstić information content (AvgIpc) is 3.58. The van der Waals surface area contributed by atoms with E-state index in [9.17, 15) is 9.59 Å². The van der Waals surface area contributed by atoms with Gasteiger partial charge in [0.1, 0.15) is 11.9 Å². The molecule has 1 aromatic heterocycles. The van der Waals surface area contributed by atoms with E-state index in [1.807, 2.05) is 52.2 Å². The summed E-state index contributed by atoms with van der Waals surface area (Å²) in [6.07, 6.45) is 1.83. The van der Waals surface area contributed by atoms with Crippen LogP contribution in [0.15, 0.2) is 60.8 Å². The van der Waals surface area contributed by atoms with E-state index in [0.29, 0.717) is 24.5 Å². The first-order valence-corrected chi connectivity index (χ1v) is 11.4. The lowest BCUT2D eigenvalue weighted by Crippen LogP contribution is -2.33. The van der Waals surface area contributed by atoms with Crippen molar-refractivity contribution >= 4 is 23.4 Å². The Hall–Kier alpha value is -3.88. The second-order valence-electron chi connectivity index (χ2n) is 8.62. The Labute approximate surface area is 196 Å². The molecule has 2 aliphatic rings. The van der Waals surface area contributed by atoms with Crippen molar-refractivity contribution in [3.05, 3.63) is 66.6 Å². The number of aromatic nitrogens is 2. The highest BCUT2D eigenvalue weighted by Gasteiger charge is 2.33. The van der Waals surface area contributed by atoms with Gasteiger partial charge < -0.3 is 15.0 Å². The number of carbonyl (C=O) groups excluding carboxylic acids is 2. The second kappa shape index (κ2) is 9.17. The molecule has 2 atom stereocenters. The molecule has 34 heavy (non-hydrogen) atoms. The molecular formula is C25H26FN5O3. The van der Waals surface area contributed by atoms with Crippen molar-refractivity contribution < 1.29 is 18.7 Å². The minimum Gasteiger partial charge on any atom is -0.442 e. The van der Waals surface area contributed by atoms with Gasteiger partial charge in [0.05, 0.1) is 36.2 Å². The first kappa shape index (κ1) is 21.9. The normalized spacial score (nSPS) is 20.0. The SMILES string of the molecule is CC(=O)NC[C@H]1CN(c2ccc(N3CC[C@H](n4ccc(-c5ccccc5)n4)C3)c(F)c2)C(=O)O1. The third-order valence-corrected chi connectivity index (χ3v) is 6.25. The Balaban J connectivity index is 1.25. The van der Waals surface area contributed by atoms with Gasteiger partial charge in [-0.15, -0.1) is 0 Å². The predicted molar refractivity (Wildman–Crippen MR) is 126 cm³/mol. The van der Waals surface area contributed by atoms with Gasteiger partial charge in [-0.3, -0.25) is 14.4 Å². The maximum Gasteiger partial charge on any atom is 0.414 e. The zero-order chi connectivity index (χ0) is 23.7. The molecular weight excluding hydrogens is 437 g/mol. The van der Waals surface area contributed by atoms with Crippen LogP contribution in [0.1, 0.15) is 19.4 Å². The molecule has 0 spiro atoms. The van der Waals surface area contributed by atoms with Crippen LogP contribution in [0.2, 0.25) is 0 Å². The Morgan fingerprint density at radius 1 is 1.18 bits per heavy atom. The van der Waals surface area contributed by atoms with Crippen molar-refractivity contribution in [1.82, 2.24) is 15.1 Å². The molecule has 176 valence electrons. The molecule has 2 fully saturated rings. The third-order valence-electron chi connectivity index (χ3n) is 6.25. The largest absolute Gasteiger partial charge is 0.442 e. The average molecular weight is 464 g/mol. The summed E-state index contributed by atoms with van der Waals surface area (Å²) in [6, 6.07) is 17.0.